The Morgan fingerprint density at radius 3 is 2.55 bits per heavy atom. The van der Waals surface area contributed by atoms with E-state index in [9.17, 15) is 0 Å². The molecule has 0 aromatic heterocycles. The summed E-state index contributed by atoms with van der Waals surface area (Å²) in [5.74, 6) is 1.84. The molecule has 116 valence electrons. The minimum absolute atomic E-state index is 0.309. The summed E-state index contributed by atoms with van der Waals surface area (Å²) < 4.78 is 11.6. The first-order chi connectivity index (χ1) is 10.7. The van der Waals surface area contributed by atoms with Crippen molar-refractivity contribution >= 4 is 21.8 Å². The summed E-state index contributed by atoms with van der Waals surface area (Å²) in [6.45, 7) is 0.694. The second kappa shape index (κ2) is 8.29. The van der Waals surface area contributed by atoms with E-state index in [0.29, 0.717) is 19.0 Å². The second-order valence-electron chi connectivity index (χ2n) is 4.34. The van der Waals surface area contributed by atoms with Crippen LogP contribution in [0, 0.1) is 0 Å². The van der Waals surface area contributed by atoms with E-state index in [1.54, 1.807) is 7.11 Å². The number of oxime groups is 1. The number of halogens is 1. The van der Waals surface area contributed by atoms with E-state index in [1.165, 1.54) is 0 Å². The second-order valence-corrected chi connectivity index (χ2v) is 5.26. The summed E-state index contributed by atoms with van der Waals surface area (Å²) in [5, 5.41) is 3.86. The van der Waals surface area contributed by atoms with Crippen molar-refractivity contribution < 1.29 is 14.3 Å². The number of hydrogen-bond acceptors (Lipinski definition) is 4. The van der Waals surface area contributed by atoms with Gasteiger partial charge in [0.1, 0.15) is 18.1 Å². The van der Waals surface area contributed by atoms with Crippen LogP contribution in [0.15, 0.2) is 58.2 Å². The summed E-state index contributed by atoms with van der Waals surface area (Å²) in [7, 11) is 1.61. The Labute approximate surface area is 137 Å². The van der Waals surface area contributed by atoms with Crippen LogP contribution in [0.4, 0.5) is 0 Å². The van der Waals surface area contributed by atoms with Gasteiger partial charge in [0.05, 0.1) is 7.11 Å². The van der Waals surface area contributed by atoms with Crippen LogP contribution in [0.3, 0.4) is 0 Å². The summed E-state index contributed by atoms with van der Waals surface area (Å²) in [6.07, 6.45) is 0. The number of nitrogens with zero attached hydrogens (tertiary/aromatic N) is 1. The highest BCUT2D eigenvalue weighted by atomic mass is 79.9. The lowest BCUT2D eigenvalue weighted by Crippen LogP contribution is -2.15. The van der Waals surface area contributed by atoms with Crippen molar-refractivity contribution in [2.75, 3.05) is 20.3 Å². The number of amidine groups is 1. The summed E-state index contributed by atoms with van der Waals surface area (Å²) in [5.41, 5.74) is 6.61. The van der Waals surface area contributed by atoms with Crippen LogP contribution in [-0.2, 0) is 4.84 Å². The third-order valence-corrected chi connectivity index (χ3v) is 3.28. The van der Waals surface area contributed by atoms with E-state index < -0.39 is 0 Å². The van der Waals surface area contributed by atoms with E-state index in [1.807, 2.05) is 48.5 Å². The van der Waals surface area contributed by atoms with Gasteiger partial charge in [0.15, 0.2) is 12.4 Å². The monoisotopic (exact) mass is 364 g/mol. The molecule has 2 N–H and O–H groups in total. The van der Waals surface area contributed by atoms with Gasteiger partial charge in [-0.05, 0) is 42.5 Å². The van der Waals surface area contributed by atoms with Crippen molar-refractivity contribution in [1.29, 1.82) is 0 Å². The molecule has 0 unspecified atom stereocenters. The first kappa shape index (κ1) is 16.2. The summed E-state index contributed by atoms with van der Waals surface area (Å²) >= 11 is 3.38. The Balaban J connectivity index is 1.76. The number of rotatable bonds is 7. The molecule has 0 aliphatic heterocycles. The molecule has 22 heavy (non-hydrogen) atoms. The third-order valence-electron chi connectivity index (χ3n) is 2.79. The zero-order valence-corrected chi connectivity index (χ0v) is 13.7. The Bertz CT molecular complexity index is 630. The van der Waals surface area contributed by atoms with Gasteiger partial charge in [0.2, 0.25) is 0 Å². The average molecular weight is 365 g/mol. The predicted molar refractivity (Wildman–Crippen MR) is 89.3 cm³/mol. The Hall–Kier alpha value is -2.21. The Morgan fingerprint density at radius 1 is 1.09 bits per heavy atom. The minimum atomic E-state index is 0.309. The maximum absolute atomic E-state index is 5.84. The SMILES string of the molecule is COc1ccc(/C(N)=N/OCCOc2cccc(Br)c2)cc1. The molecule has 0 fully saturated rings. The van der Waals surface area contributed by atoms with Gasteiger partial charge in [-0.25, -0.2) is 0 Å². The lowest BCUT2D eigenvalue weighted by Gasteiger charge is -2.06. The largest absolute Gasteiger partial charge is 0.497 e. The average Bonchev–Trinajstić information content (AvgIpc) is 2.54. The molecule has 2 rings (SSSR count). The molecule has 0 atom stereocenters. The first-order valence-corrected chi connectivity index (χ1v) is 7.46. The van der Waals surface area contributed by atoms with Crippen LogP contribution in [0.25, 0.3) is 0 Å². The van der Waals surface area contributed by atoms with Crippen LogP contribution >= 0.6 is 15.9 Å². The lowest BCUT2D eigenvalue weighted by molar-refractivity contribution is 0.107. The van der Waals surface area contributed by atoms with E-state index in [0.717, 1.165) is 21.5 Å². The standard InChI is InChI=1S/C16H17BrN2O3/c1-20-14-7-5-12(6-8-14)16(18)19-22-10-9-21-15-4-2-3-13(17)11-15/h2-8,11H,9-10H2,1H3,(H2,18,19). The highest BCUT2D eigenvalue weighted by molar-refractivity contribution is 9.10. The van der Waals surface area contributed by atoms with Crippen LogP contribution < -0.4 is 15.2 Å². The molecular weight excluding hydrogens is 348 g/mol. The normalized spacial score (nSPS) is 11.1. The van der Waals surface area contributed by atoms with Gasteiger partial charge in [-0.1, -0.05) is 27.2 Å². The third kappa shape index (κ3) is 4.96. The smallest absolute Gasteiger partial charge is 0.170 e. The van der Waals surface area contributed by atoms with E-state index in [2.05, 4.69) is 21.1 Å². The van der Waals surface area contributed by atoms with Gasteiger partial charge in [0.25, 0.3) is 0 Å². The molecule has 5 nitrogen and oxygen atoms in total. The van der Waals surface area contributed by atoms with E-state index in [4.69, 9.17) is 20.0 Å². The Kier molecular flexibility index (Phi) is 6.09. The zero-order chi connectivity index (χ0) is 15.8. The molecule has 2 aromatic carbocycles. The van der Waals surface area contributed by atoms with Crippen LogP contribution in [0.1, 0.15) is 5.56 Å². The van der Waals surface area contributed by atoms with Crippen molar-refractivity contribution in [1.82, 2.24) is 0 Å². The fraction of sp³-hybridized carbons (Fsp3) is 0.188. The molecule has 0 heterocycles. The minimum Gasteiger partial charge on any atom is -0.497 e. The number of benzene rings is 2. The molecule has 0 spiro atoms. The van der Waals surface area contributed by atoms with Gasteiger partial charge >= 0.3 is 0 Å². The quantitative estimate of drug-likeness (QED) is 0.354. The number of hydrogen-bond donors (Lipinski definition) is 1. The molecule has 0 bridgehead atoms. The van der Waals surface area contributed by atoms with Crippen LogP contribution in [-0.4, -0.2) is 26.2 Å². The fourth-order valence-corrected chi connectivity index (χ4v) is 2.06. The highest BCUT2D eigenvalue weighted by Crippen LogP contribution is 2.17. The van der Waals surface area contributed by atoms with Gasteiger partial charge in [-0.15, -0.1) is 0 Å². The van der Waals surface area contributed by atoms with Crippen LogP contribution in [0.2, 0.25) is 0 Å². The molecule has 0 amide bonds. The highest BCUT2D eigenvalue weighted by Gasteiger charge is 2.00. The van der Waals surface area contributed by atoms with Gasteiger partial charge < -0.3 is 20.0 Å². The maximum Gasteiger partial charge on any atom is 0.170 e. The topological polar surface area (TPSA) is 66.1 Å². The zero-order valence-electron chi connectivity index (χ0n) is 12.2. The molecule has 0 aliphatic carbocycles. The summed E-state index contributed by atoms with van der Waals surface area (Å²) in [4.78, 5) is 5.15. The van der Waals surface area contributed by atoms with Crippen molar-refractivity contribution in [2.45, 2.75) is 0 Å². The summed E-state index contributed by atoms with van der Waals surface area (Å²) in [6, 6.07) is 14.9. The van der Waals surface area contributed by atoms with Gasteiger partial charge in [-0.2, -0.15) is 0 Å². The number of ether oxygens (including phenoxy) is 2. The van der Waals surface area contributed by atoms with Gasteiger partial charge in [-0.3, -0.25) is 0 Å². The molecule has 2 aromatic rings. The molecule has 6 heteroatoms. The van der Waals surface area contributed by atoms with E-state index >= 15 is 0 Å². The molecule has 0 aliphatic rings. The van der Waals surface area contributed by atoms with Crippen molar-refractivity contribution in [3.63, 3.8) is 0 Å². The molecule has 0 saturated carbocycles. The van der Waals surface area contributed by atoms with Crippen molar-refractivity contribution in [2.24, 2.45) is 10.9 Å². The van der Waals surface area contributed by atoms with Gasteiger partial charge in [0, 0.05) is 10.0 Å². The Morgan fingerprint density at radius 2 is 1.86 bits per heavy atom. The lowest BCUT2D eigenvalue weighted by atomic mass is 10.2. The fourth-order valence-electron chi connectivity index (χ4n) is 1.68. The molecule has 0 radical (unpaired) electrons. The van der Waals surface area contributed by atoms with Crippen LogP contribution in [0.5, 0.6) is 11.5 Å². The first-order valence-electron chi connectivity index (χ1n) is 6.67. The van der Waals surface area contributed by atoms with E-state index in [-0.39, 0.29) is 0 Å². The number of nitrogens with two attached hydrogens (primary N) is 1. The molecule has 0 saturated heterocycles. The van der Waals surface area contributed by atoms with Crippen molar-refractivity contribution in [3.8, 4) is 11.5 Å². The molecular formula is C16H17BrN2O3. The predicted octanol–water partition coefficient (Wildman–Crippen LogP) is 3.17. The van der Waals surface area contributed by atoms with Crippen molar-refractivity contribution in [3.05, 3.63) is 58.6 Å². The number of methoxy groups -OCH3 is 1. The maximum atomic E-state index is 5.84.